The Kier molecular flexibility index (Phi) is 5.65. The molecule has 1 aromatic heterocycles. The van der Waals surface area contributed by atoms with E-state index >= 15 is 0 Å². The van der Waals surface area contributed by atoms with Gasteiger partial charge in [-0.3, -0.25) is 4.90 Å². The van der Waals surface area contributed by atoms with Crippen LogP contribution in [0.5, 0.6) is 0 Å². The first-order chi connectivity index (χ1) is 8.56. The maximum atomic E-state index is 3.56. The number of piperazine rings is 1. The molecule has 102 valence electrons. The Bertz CT molecular complexity index is 377. The van der Waals surface area contributed by atoms with Gasteiger partial charge in [0, 0.05) is 48.1 Å². The highest BCUT2D eigenvalue weighted by molar-refractivity contribution is 9.13. The van der Waals surface area contributed by atoms with Crippen LogP contribution >= 0.6 is 43.2 Å². The molecule has 3 nitrogen and oxygen atoms in total. The lowest BCUT2D eigenvalue weighted by Gasteiger charge is -2.37. The van der Waals surface area contributed by atoms with Crippen LogP contribution in [0, 0.1) is 0 Å². The van der Waals surface area contributed by atoms with E-state index in [1.54, 1.807) is 11.3 Å². The highest BCUT2D eigenvalue weighted by Crippen LogP contribution is 2.32. The third-order valence-electron chi connectivity index (χ3n) is 3.36. The minimum atomic E-state index is 0.621. The van der Waals surface area contributed by atoms with Crippen LogP contribution in [0.15, 0.2) is 14.3 Å². The third-order valence-corrected chi connectivity index (χ3v) is 6.61. The SMILES string of the molecule is CN1CCN(C)C(CNCc2cc(Br)c(Br)s2)C1. The molecule has 1 aromatic rings. The highest BCUT2D eigenvalue weighted by atomic mass is 79.9. The molecule has 0 amide bonds. The van der Waals surface area contributed by atoms with E-state index in [1.807, 2.05) is 0 Å². The molecule has 0 bridgehead atoms. The summed E-state index contributed by atoms with van der Waals surface area (Å²) in [5, 5.41) is 3.56. The van der Waals surface area contributed by atoms with E-state index in [1.165, 1.54) is 21.8 Å². The largest absolute Gasteiger partial charge is 0.310 e. The van der Waals surface area contributed by atoms with E-state index in [-0.39, 0.29) is 0 Å². The predicted octanol–water partition coefficient (Wildman–Crippen LogP) is 2.61. The smallest absolute Gasteiger partial charge is 0.0843 e. The zero-order valence-electron chi connectivity index (χ0n) is 10.7. The van der Waals surface area contributed by atoms with Gasteiger partial charge in [-0.25, -0.2) is 0 Å². The molecule has 0 spiro atoms. The van der Waals surface area contributed by atoms with Gasteiger partial charge in [0.1, 0.15) is 0 Å². The quantitative estimate of drug-likeness (QED) is 0.843. The number of thiophene rings is 1. The maximum absolute atomic E-state index is 3.56. The maximum Gasteiger partial charge on any atom is 0.0843 e. The Labute approximate surface area is 130 Å². The van der Waals surface area contributed by atoms with Crippen LogP contribution in [0.25, 0.3) is 0 Å². The molecule has 6 heteroatoms. The number of hydrogen-bond acceptors (Lipinski definition) is 4. The van der Waals surface area contributed by atoms with Crippen molar-refractivity contribution in [1.29, 1.82) is 0 Å². The summed E-state index contributed by atoms with van der Waals surface area (Å²) in [5.74, 6) is 0. The Hall–Kier alpha value is 0.540. The molecule has 1 N–H and O–H groups in total. The molecule has 2 heterocycles. The van der Waals surface area contributed by atoms with Crippen LogP contribution < -0.4 is 5.32 Å². The molecule has 1 saturated heterocycles. The summed E-state index contributed by atoms with van der Waals surface area (Å²) in [6.07, 6.45) is 0. The third kappa shape index (κ3) is 4.02. The first-order valence-corrected chi connectivity index (χ1v) is 8.49. The Morgan fingerprint density at radius 3 is 2.83 bits per heavy atom. The zero-order valence-corrected chi connectivity index (χ0v) is 14.7. The van der Waals surface area contributed by atoms with Gasteiger partial charge in [-0.15, -0.1) is 11.3 Å². The van der Waals surface area contributed by atoms with E-state index in [0.29, 0.717) is 6.04 Å². The molecule has 0 aromatic carbocycles. The Balaban J connectivity index is 1.77. The van der Waals surface area contributed by atoms with E-state index in [0.717, 1.165) is 24.1 Å². The molecule has 0 saturated carbocycles. The van der Waals surface area contributed by atoms with Crippen LogP contribution in [0.2, 0.25) is 0 Å². The van der Waals surface area contributed by atoms with Gasteiger partial charge in [0.2, 0.25) is 0 Å². The fourth-order valence-electron chi connectivity index (χ4n) is 2.16. The highest BCUT2D eigenvalue weighted by Gasteiger charge is 2.21. The minimum absolute atomic E-state index is 0.621. The molecule has 1 fully saturated rings. The average Bonchev–Trinajstić information content (AvgIpc) is 2.63. The Morgan fingerprint density at radius 2 is 2.17 bits per heavy atom. The van der Waals surface area contributed by atoms with E-state index in [9.17, 15) is 0 Å². The van der Waals surface area contributed by atoms with Crippen LogP contribution in [0.1, 0.15) is 4.88 Å². The lowest BCUT2D eigenvalue weighted by molar-refractivity contribution is 0.113. The van der Waals surface area contributed by atoms with Gasteiger partial charge in [-0.2, -0.15) is 0 Å². The summed E-state index contributed by atoms with van der Waals surface area (Å²) in [6.45, 7) is 5.50. The molecule has 1 atom stereocenters. The summed E-state index contributed by atoms with van der Waals surface area (Å²) in [4.78, 5) is 6.22. The van der Waals surface area contributed by atoms with E-state index in [4.69, 9.17) is 0 Å². The second-order valence-corrected chi connectivity index (χ2v) is 8.17. The lowest BCUT2D eigenvalue weighted by atomic mass is 10.2. The number of hydrogen-bond donors (Lipinski definition) is 1. The standard InChI is InChI=1S/C12H19Br2N3S/c1-16-3-4-17(2)9(8-16)6-15-7-10-5-11(13)12(14)18-10/h5,9,15H,3-4,6-8H2,1-2H3. The molecule has 18 heavy (non-hydrogen) atoms. The lowest BCUT2D eigenvalue weighted by Crippen LogP contribution is -2.53. The van der Waals surface area contributed by atoms with Gasteiger partial charge < -0.3 is 10.2 Å². The second-order valence-electron chi connectivity index (χ2n) is 4.86. The number of nitrogens with one attached hydrogen (secondary N) is 1. The van der Waals surface area contributed by atoms with E-state index < -0.39 is 0 Å². The molecule has 1 aliphatic heterocycles. The van der Waals surface area contributed by atoms with Crippen molar-refractivity contribution in [2.75, 3.05) is 40.3 Å². The molecular weight excluding hydrogens is 378 g/mol. The summed E-state index contributed by atoms with van der Waals surface area (Å²) in [6, 6.07) is 2.80. The zero-order chi connectivity index (χ0) is 13.1. The van der Waals surface area contributed by atoms with Gasteiger partial charge in [0.25, 0.3) is 0 Å². The van der Waals surface area contributed by atoms with Crippen molar-refractivity contribution in [2.45, 2.75) is 12.6 Å². The van der Waals surface area contributed by atoms with Crippen LogP contribution in [0.4, 0.5) is 0 Å². The number of likely N-dealkylation sites (N-methyl/N-ethyl adjacent to an activating group) is 2. The van der Waals surface area contributed by atoms with Crippen molar-refractivity contribution in [3.63, 3.8) is 0 Å². The van der Waals surface area contributed by atoms with Crippen molar-refractivity contribution >= 4 is 43.2 Å². The monoisotopic (exact) mass is 395 g/mol. The molecule has 1 aliphatic rings. The van der Waals surface area contributed by atoms with Crippen LogP contribution in [0.3, 0.4) is 0 Å². The minimum Gasteiger partial charge on any atom is -0.310 e. The predicted molar refractivity (Wildman–Crippen MR) is 85.3 cm³/mol. The molecular formula is C12H19Br2N3S. The van der Waals surface area contributed by atoms with Gasteiger partial charge >= 0.3 is 0 Å². The number of halogens is 2. The van der Waals surface area contributed by atoms with Gasteiger partial charge in [0.15, 0.2) is 0 Å². The van der Waals surface area contributed by atoms with Gasteiger partial charge in [-0.05, 0) is 52.0 Å². The van der Waals surface area contributed by atoms with Crippen molar-refractivity contribution in [3.05, 3.63) is 19.2 Å². The first kappa shape index (κ1) is 14.9. The molecule has 0 aliphatic carbocycles. The number of nitrogens with zero attached hydrogens (tertiary/aromatic N) is 2. The van der Waals surface area contributed by atoms with Gasteiger partial charge in [0.05, 0.1) is 3.79 Å². The van der Waals surface area contributed by atoms with Crippen molar-refractivity contribution in [3.8, 4) is 0 Å². The van der Waals surface area contributed by atoms with E-state index in [2.05, 4.69) is 67.1 Å². The normalized spacial score (nSPS) is 22.6. The van der Waals surface area contributed by atoms with Gasteiger partial charge in [-0.1, -0.05) is 0 Å². The molecule has 2 rings (SSSR count). The van der Waals surface area contributed by atoms with Crippen LogP contribution in [-0.4, -0.2) is 56.1 Å². The second kappa shape index (κ2) is 6.81. The molecule has 0 radical (unpaired) electrons. The van der Waals surface area contributed by atoms with Crippen molar-refractivity contribution in [2.24, 2.45) is 0 Å². The van der Waals surface area contributed by atoms with Crippen molar-refractivity contribution < 1.29 is 0 Å². The summed E-state index contributed by atoms with van der Waals surface area (Å²) in [7, 11) is 4.42. The van der Waals surface area contributed by atoms with Crippen molar-refractivity contribution in [1.82, 2.24) is 15.1 Å². The summed E-state index contributed by atoms with van der Waals surface area (Å²) < 4.78 is 2.33. The van der Waals surface area contributed by atoms with Crippen LogP contribution in [-0.2, 0) is 6.54 Å². The summed E-state index contributed by atoms with van der Waals surface area (Å²) in [5.41, 5.74) is 0. The fraction of sp³-hybridized carbons (Fsp3) is 0.667. The topological polar surface area (TPSA) is 18.5 Å². The fourth-order valence-corrected chi connectivity index (χ4v) is 4.31. The Morgan fingerprint density at radius 1 is 1.39 bits per heavy atom. The first-order valence-electron chi connectivity index (χ1n) is 6.09. The number of rotatable bonds is 4. The summed E-state index contributed by atoms with van der Waals surface area (Å²) >= 11 is 8.84. The average molecular weight is 397 g/mol. The molecule has 1 unspecified atom stereocenters.